The van der Waals surface area contributed by atoms with Crippen LogP contribution in [-0.2, 0) is 6.42 Å². The highest BCUT2D eigenvalue weighted by Gasteiger charge is 2.31. The molecule has 7 nitrogen and oxygen atoms in total. The van der Waals surface area contributed by atoms with Crippen LogP contribution in [0.25, 0.3) is 10.2 Å². The molecule has 0 saturated heterocycles. The van der Waals surface area contributed by atoms with Crippen LogP contribution in [0.2, 0.25) is 0 Å². The van der Waals surface area contributed by atoms with Gasteiger partial charge in [0.2, 0.25) is 0 Å². The average Bonchev–Trinajstić information content (AvgIpc) is 3.37. The maximum Gasteiger partial charge on any atom is 0.322 e. The second-order valence-electron chi connectivity index (χ2n) is 9.06. The number of hydrogen-bond donors (Lipinski definition) is 2. The minimum absolute atomic E-state index is 0.0576. The number of carbonyl (C=O) groups excluding carboxylic acids is 2. The highest BCUT2D eigenvalue weighted by atomic mass is 32.1. The molecule has 0 aliphatic carbocycles. The molecule has 3 amide bonds. The van der Waals surface area contributed by atoms with Gasteiger partial charge < -0.3 is 15.5 Å². The van der Waals surface area contributed by atoms with Crippen LogP contribution >= 0.6 is 11.3 Å². The van der Waals surface area contributed by atoms with Gasteiger partial charge in [0.1, 0.15) is 0 Å². The van der Waals surface area contributed by atoms with E-state index in [2.05, 4.69) is 35.5 Å². The summed E-state index contributed by atoms with van der Waals surface area (Å²) in [7, 11) is 0. The number of aromatic nitrogens is 1. The van der Waals surface area contributed by atoms with Gasteiger partial charge in [0.25, 0.3) is 5.91 Å². The minimum Gasteiger partial charge on any atom is -0.354 e. The number of thiophene rings is 1. The fraction of sp³-hybridized carbons (Fsp3) is 0.423. The smallest absolute Gasteiger partial charge is 0.322 e. The predicted octanol–water partition coefficient (Wildman–Crippen LogP) is 5.78. The average molecular weight is 480 g/mol. The maximum absolute atomic E-state index is 13.0. The van der Waals surface area contributed by atoms with Gasteiger partial charge in [-0.15, -0.1) is 11.3 Å². The zero-order valence-electron chi connectivity index (χ0n) is 20.5. The third-order valence-corrected chi connectivity index (χ3v) is 7.14. The van der Waals surface area contributed by atoms with Gasteiger partial charge in [0, 0.05) is 42.7 Å². The van der Waals surface area contributed by atoms with Gasteiger partial charge in [-0.1, -0.05) is 6.92 Å². The molecule has 0 bridgehead atoms. The molecular weight excluding hydrogens is 446 g/mol. The molecule has 1 aliphatic heterocycles. The predicted molar refractivity (Wildman–Crippen MR) is 141 cm³/mol. The summed E-state index contributed by atoms with van der Waals surface area (Å²) in [5, 5.41) is 6.51. The minimum atomic E-state index is -0.0576. The molecule has 2 aromatic heterocycles. The lowest BCUT2D eigenvalue weighted by molar-refractivity contribution is 0.0769. The first kappa shape index (κ1) is 24.0. The van der Waals surface area contributed by atoms with Crippen molar-refractivity contribution in [2.45, 2.75) is 59.5 Å². The molecule has 1 aliphatic rings. The van der Waals surface area contributed by atoms with Crippen molar-refractivity contribution in [3.05, 3.63) is 47.0 Å². The van der Waals surface area contributed by atoms with E-state index in [4.69, 9.17) is 0 Å². The number of carbonyl (C=O) groups is 2. The molecule has 4 rings (SSSR count). The van der Waals surface area contributed by atoms with Crippen molar-refractivity contribution in [3.8, 4) is 0 Å². The van der Waals surface area contributed by atoms with E-state index in [1.165, 1.54) is 11.3 Å². The molecule has 0 fully saturated rings. The van der Waals surface area contributed by atoms with Gasteiger partial charge in [-0.05, 0) is 76.4 Å². The van der Waals surface area contributed by atoms with Crippen LogP contribution in [-0.4, -0.2) is 47.0 Å². The molecular formula is C26H33N5O2S. The van der Waals surface area contributed by atoms with Gasteiger partial charge in [0.15, 0.2) is 0 Å². The number of amides is 3. The summed E-state index contributed by atoms with van der Waals surface area (Å²) < 4.78 is 0.963. The van der Waals surface area contributed by atoms with Gasteiger partial charge >= 0.3 is 6.03 Å². The topological polar surface area (TPSA) is 77.6 Å². The molecule has 34 heavy (non-hydrogen) atoms. The summed E-state index contributed by atoms with van der Waals surface area (Å²) in [4.78, 5) is 34.6. The van der Waals surface area contributed by atoms with E-state index in [1.807, 2.05) is 54.8 Å². The quantitative estimate of drug-likeness (QED) is 0.450. The molecule has 2 N–H and O–H groups in total. The van der Waals surface area contributed by atoms with Crippen LogP contribution < -0.4 is 15.5 Å². The summed E-state index contributed by atoms with van der Waals surface area (Å²) in [6.45, 7) is 11.5. The fourth-order valence-corrected chi connectivity index (χ4v) is 5.51. The highest BCUT2D eigenvalue weighted by molar-refractivity contribution is 7.21. The molecule has 1 atom stereocenters. The van der Waals surface area contributed by atoms with Crippen LogP contribution in [0.5, 0.6) is 0 Å². The van der Waals surface area contributed by atoms with Crippen molar-refractivity contribution < 1.29 is 9.59 Å². The van der Waals surface area contributed by atoms with Crippen LogP contribution in [0, 0.1) is 0 Å². The van der Waals surface area contributed by atoms with E-state index in [0.29, 0.717) is 11.4 Å². The lowest BCUT2D eigenvalue weighted by Gasteiger charge is -2.24. The van der Waals surface area contributed by atoms with E-state index < -0.39 is 0 Å². The molecule has 0 saturated carbocycles. The third-order valence-electron chi connectivity index (χ3n) is 5.99. The molecule has 0 radical (unpaired) electrons. The number of anilines is 3. The lowest BCUT2D eigenvalue weighted by Crippen LogP contribution is -2.45. The van der Waals surface area contributed by atoms with Crippen LogP contribution in [0.3, 0.4) is 0 Å². The van der Waals surface area contributed by atoms with Crippen molar-refractivity contribution in [1.29, 1.82) is 0 Å². The van der Waals surface area contributed by atoms with Crippen LogP contribution in [0.15, 0.2) is 36.5 Å². The SMILES string of the molecule is CCCN(CC)C(=O)c1cc2nccc(Nc3ccc4c(c3)CC(C)N4C(=O)NC(C)C)c2s1. The summed E-state index contributed by atoms with van der Waals surface area (Å²) in [6, 6.07) is 10.1. The molecule has 8 heteroatoms. The normalized spacial score (nSPS) is 15.0. The Morgan fingerprint density at radius 2 is 2.03 bits per heavy atom. The van der Waals surface area contributed by atoms with E-state index in [-0.39, 0.29) is 24.0 Å². The number of pyridine rings is 1. The van der Waals surface area contributed by atoms with Crippen molar-refractivity contribution in [1.82, 2.24) is 15.2 Å². The van der Waals surface area contributed by atoms with Crippen LogP contribution in [0.1, 0.15) is 56.3 Å². The third kappa shape index (κ3) is 4.73. The Kier molecular flexibility index (Phi) is 7.07. The monoisotopic (exact) mass is 479 g/mol. The van der Waals surface area contributed by atoms with Gasteiger partial charge in [-0.25, -0.2) is 4.79 Å². The Morgan fingerprint density at radius 1 is 1.24 bits per heavy atom. The number of rotatable bonds is 7. The summed E-state index contributed by atoms with van der Waals surface area (Å²) in [5.74, 6) is 0.0598. The van der Waals surface area contributed by atoms with E-state index in [0.717, 1.165) is 52.2 Å². The van der Waals surface area contributed by atoms with Gasteiger partial charge in [0.05, 0.1) is 20.8 Å². The number of fused-ring (bicyclic) bond motifs is 2. The second-order valence-corrected chi connectivity index (χ2v) is 10.1. The molecule has 1 aromatic carbocycles. The summed E-state index contributed by atoms with van der Waals surface area (Å²) in [6.07, 6.45) is 3.51. The van der Waals surface area contributed by atoms with E-state index in [9.17, 15) is 9.59 Å². The number of urea groups is 1. The molecule has 180 valence electrons. The van der Waals surface area contributed by atoms with E-state index in [1.54, 1.807) is 6.20 Å². The fourth-order valence-electron chi connectivity index (χ4n) is 4.46. The molecule has 0 spiro atoms. The van der Waals surface area contributed by atoms with Gasteiger partial charge in [-0.2, -0.15) is 0 Å². The summed E-state index contributed by atoms with van der Waals surface area (Å²) >= 11 is 1.48. The highest BCUT2D eigenvalue weighted by Crippen LogP contribution is 2.37. The zero-order chi connectivity index (χ0) is 24.4. The van der Waals surface area contributed by atoms with Crippen LogP contribution in [0.4, 0.5) is 21.9 Å². The maximum atomic E-state index is 13.0. The Morgan fingerprint density at radius 3 is 2.74 bits per heavy atom. The van der Waals surface area contributed by atoms with Crippen molar-refractivity contribution in [3.63, 3.8) is 0 Å². The molecule has 3 aromatic rings. The Bertz CT molecular complexity index is 1210. The first-order valence-electron chi connectivity index (χ1n) is 12.0. The Balaban J connectivity index is 1.59. The second kappa shape index (κ2) is 10.0. The van der Waals surface area contributed by atoms with Crippen molar-refractivity contribution >= 4 is 50.6 Å². The number of hydrogen-bond acceptors (Lipinski definition) is 5. The van der Waals surface area contributed by atoms with Crippen molar-refractivity contribution in [2.24, 2.45) is 0 Å². The Labute approximate surface area is 205 Å². The number of nitrogens with one attached hydrogen (secondary N) is 2. The standard InChI is InChI=1S/C26H33N5O2S/c1-6-12-30(7-2)25(32)23-15-21-24(34-23)20(10-11-27-21)29-19-8-9-22-18(14-19)13-17(5)31(22)26(33)28-16(3)4/h8-11,14-17H,6-7,12-13H2,1-5H3,(H,27,29)(H,28,33). The largest absolute Gasteiger partial charge is 0.354 e. The lowest BCUT2D eigenvalue weighted by atomic mass is 10.1. The van der Waals surface area contributed by atoms with E-state index >= 15 is 0 Å². The zero-order valence-corrected chi connectivity index (χ0v) is 21.3. The first-order valence-corrected chi connectivity index (χ1v) is 12.8. The molecule has 1 unspecified atom stereocenters. The van der Waals surface area contributed by atoms with Gasteiger partial charge in [-0.3, -0.25) is 14.7 Å². The van der Waals surface area contributed by atoms with Crippen molar-refractivity contribution in [2.75, 3.05) is 23.3 Å². The molecule has 3 heterocycles. The number of benzene rings is 1. The Hall–Kier alpha value is -3.13. The first-order chi connectivity index (χ1) is 16.3. The summed E-state index contributed by atoms with van der Waals surface area (Å²) in [5.41, 5.74) is 4.79. The number of nitrogens with zero attached hydrogens (tertiary/aromatic N) is 3.